The van der Waals surface area contributed by atoms with Gasteiger partial charge in [-0.2, -0.15) is 0 Å². The fraction of sp³-hybridized carbons (Fsp3) is 0.250. The quantitative estimate of drug-likeness (QED) is 0.565. The average molecular weight is 321 g/mol. The van der Waals surface area contributed by atoms with Gasteiger partial charge in [0.25, 0.3) is 0 Å². The van der Waals surface area contributed by atoms with E-state index in [2.05, 4.69) is 4.98 Å². The number of aromatic nitrogens is 1. The summed E-state index contributed by atoms with van der Waals surface area (Å²) >= 11 is 0. The van der Waals surface area contributed by atoms with Gasteiger partial charge in [-0.1, -0.05) is 30.3 Å². The highest BCUT2D eigenvalue weighted by molar-refractivity contribution is 5.73. The molecule has 1 aromatic carbocycles. The van der Waals surface area contributed by atoms with Gasteiger partial charge in [0.2, 0.25) is 0 Å². The maximum absolute atomic E-state index is 10.2. The van der Waals surface area contributed by atoms with Crippen LogP contribution < -0.4 is 0 Å². The van der Waals surface area contributed by atoms with Gasteiger partial charge in [0.1, 0.15) is 5.75 Å². The van der Waals surface area contributed by atoms with Crippen molar-refractivity contribution in [3.8, 4) is 5.75 Å². The Morgan fingerprint density at radius 1 is 1.17 bits per heavy atom. The molecule has 1 atom stereocenters. The lowest BCUT2D eigenvalue weighted by Gasteiger charge is -2.07. The highest BCUT2D eigenvalue weighted by Crippen LogP contribution is 2.23. The van der Waals surface area contributed by atoms with E-state index in [0.29, 0.717) is 22.4 Å². The van der Waals surface area contributed by atoms with E-state index >= 15 is 0 Å². The summed E-state index contributed by atoms with van der Waals surface area (Å²) in [6.07, 6.45) is 0.0388. The number of aryl methyl sites for hydroxylation is 1. The third-order valence-electron chi connectivity index (χ3n) is 3.11. The lowest BCUT2D eigenvalue weighted by Crippen LogP contribution is -2.09. The van der Waals surface area contributed by atoms with Gasteiger partial charge in [0, 0.05) is 17.3 Å². The Morgan fingerprint density at radius 3 is 2.26 bits per heavy atom. The summed E-state index contributed by atoms with van der Waals surface area (Å²) in [4.78, 5) is 14.1. The second kappa shape index (κ2) is 8.84. The number of hydrogen-bond acceptors (Lipinski definition) is 6. The van der Waals surface area contributed by atoms with Gasteiger partial charge in [-0.3, -0.25) is 4.98 Å². The summed E-state index contributed by atoms with van der Waals surface area (Å²) in [5.74, 6) is -1.26. The van der Waals surface area contributed by atoms with Crippen molar-refractivity contribution in [3.05, 3.63) is 58.9 Å². The number of carboxylic acid groups (broad SMARTS) is 1. The molecular weight excluding hydrogens is 302 g/mol. The summed E-state index contributed by atoms with van der Waals surface area (Å²) in [7, 11) is 0. The molecule has 0 aliphatic heterocycles. The molecule has 0 bridgehead atoms. The second-order valence-corrected chi connectivity index (χ2v) is 4.66. The lowest BCUT2D eigenvalue weighted by atomic mass is 10.1. The standard InChI is InChI=1S/C8H11NO3.C8H8O3/c1-5-8(12)7(4-11)6(3-10)2-9-5;9-7(8(10)11)6-4-2-1-3-5-6/h2,10-12H,3-4H2,1H3;1-5,7,9H,(H,10,11). The number of carbonyl (C=O) groups is 1. The molecule has 0 radical (unpaired) electrons. The zero-order valence-electron chi connectivity index (χ0n) is 12.5. The smallest absolute Gasteiger partial charge is 0.337 e. The molecule has 0 aliphatic rings. The van der Waals surface area contributed by atoms with Crippen molar-refractivity contribution in [2.45, 2.75) is 26.2 Å². The minimum absolute atomic E-state index is 0.0379. The van der Waals surface area contributed by atoms with Crippen LogP contribution in [0.4, 0.5) is 0 Å². The van der Waals surface area contributed by atoms with Gasteiger partial charge in [0.05, 0.1) is 18.9 Å². The van der Waals surface area contributed by atoms with E-state index in [1.807, 2.05) is 0 Å². The minimum atomic E-state index is -1.41. The van der Waals surface area contributed by atoms with Crippen molar-refractivity contribution in [2.24, 2.45) is 0 Å². The first-order valence-corrected chi connectivity index (χ1v) is 6.76. The number of aliphatic hydroxyl groups excluding tert-OH is 3. The Morgan fingerprint density at radius 2 is 1.78 bits per heavy atom. The van der Waals surface area contributed by atoms with Gasteiger partial charge in [-0.05, 0) is 12.5 Å². The van der Waals surface area contributed by atoms with E-state index < -0.39 is 12.1 Å². The number of aromatic hydroxyl groups is 1. The summed E-state index contributed by atoms with van der Waals surface area (Å²) in [6.45, 7) is 1.12. The molecule has 0 spiro atoms. The van der Waals surface area contributed by atoms with Crippen LogP contribution in [0.3, 0.4) is 0 Å². The first kappa shape index (κ1) is 18.6. The largest absolute Gasteiger partial charge is 0.506 e. The lowest BCUT2D eigenvalue weighted by molar-refractivity contribution is -0.146. The monoisotopic (exact) mass is 321 g/mol. The fourth-order valence-electron chi connectivity index (χ4n) is 1.77. The second-order valence-electron chi connectivity index (χ2n) is 4.66. The minimum Gasteiger partial charge on any atom is -0.506 e. The van der Waals surface area contributed by atoms with Crippen LogP contribution in [0.15, 0.2) is 36.5 Å². The van der Waals surface area contributed by atoms with Crippen LogP contribution in [0.2, 0.25) is 0 Å². The normalized spacial score (nSPS) is 11.3. The molecule has 2 rings (SSSR count). The van der Waals surface area contributed by atoms with Crippen LogP contribution in [0.25, 0.3) is 0 Å². The molecule has 23 heavy (non-hydrogen) atoms. The van der Waals surface area contributed by atoms with Crippen molar-refractivity contribution < 1.29 is 30.3 Å². The Bertz CT molecular complexity index is 645. The Hall–Kier alpha value is -2.48. The number of aliphatic carboxylic acids is 1. The van der Waals surface area contributed by atoms with Crippen molar-refractivity contribution in [3.63, 3.8) is 0 Å². The number of aliphatic hydroxyl groups is 3. The molecule has 5 N–H and O–H groups in total. The van der Waals surface area contributed by atoms with Crippen molar-refractivity contribution >= 4 is 5.97 Å². The molecule has 1 heterocycles. The molecule has 0 saturated carbocycles. The van der Waals surface area contributed by atoms with Gasteiger partial charge < -0.3 is 25.5 Å². The van der Waals surface area contributed by atoms with E-state index in [1.165, 1.54) is 6.20 Å². The first-order valence-electron chi connectivity index (χ1n) is 6.76. The molecule has 0 aliphatic carbocycles. The third-order valence-corrected chi connectivity index (χ3v) is 3.11. The van der Waals surface area contributed by atoms with E-state index in [9.17, 15) is 9.90 Å². The molecule has 0 saturated heterocycles. The van der Waals surface area contributed by atoms with Gasteiger partial charge in [0.15, 0.2) is 6.10 Å². The van der Waals surface area contributed by atoms with Crippen LogP contribution in [0.5, 0.6) is 5.75 Å². The topological polar surface area (TPSA) is 131 Å². The summed E-state index contributed by atoms with van der Waals surface area (Å²) in [6, 6.07) is 8.26. The van der Waals surface area contributed by atoms with Crippen molar-refractivity contribution in [2.75, 3.05) is 0 Å². The molecule has 1 unspecified atom stereocenters. The molecule has 7 heteroatoms. The van der Waals surface area contributed by atoms with Crippen molar-refractivity contribution in [1.82, 2.24) is 4.98 Å². The molecule has 7 nitrogen and oxygen atoms in total. The third kappa shape index (κ3) is 5.03. The molecule has 2 aromatic rings. The molecule has 0 amide bonds. The summed E-state index contributed by atoms with van der Waals surface area (Å²) < 4.78 is 0. The van der Waals surface area contributed by atoms with Crippen LogP contribution in [-0.2, 0) is 18.0 Å². The SMILES string of the molecule is Cc1ncc(CO)c(CO)c1O.O=C(O)C(O)c1ccccc1. The van der Waals surface area contributed by atoms with E-state index in [1.54, 1.807) is 37.3 Å². The zero-order valence-corrected chi connectivity index (χ0v) is 12.5. The summed E-state index contributed by atoms with van der Waals surface area (Å²) in [5.41, 5.74) is 1.67. The molecular formula is C16H19NO6. The Kier molecular flexibility index (Phi) is 7.14. The molecule has 1 aromatic heterocycles. The number of rotatable bonds is 4. The number of nitrogens with zero attached hydrogens (tertiary/aromatic N) is 1. The maximum atomic E-state index is 10.2. The highest BCUT2D eigenvalue weighted by Gasteiger charge is 2.14. The van der Waals surface area contributed by atoms with Crippen LogP contribution in [0.1, 0.15) is 28.5 Å². The Labute approximate surface area is 133 Å². The van der Waals surface area contributed by atoms with E-state index in [-0.39, 0.29) is 19.0 Å². The van der Waals surface area contributed by atoms with Crippen LogP contribution in [-0.4, -0.2) is 36.5 Å². The number of pyridine rings is 1. The fourth-order valence-corrected chi connectivity index (χ4v) is 1.77. The number of benzene rings is 1. The van der Waals surface area contributed by atoms with Gasteiger partial charge in [-0.15, -0.1) is 0 Å². The highest BCUT2D eigenvalue weighted by atomic mass is 16.4. The average Bonchev–Trinajstić information content (AvgIpc) is 2.57. The predicted molar refractivity (Wildman–Crippen MR) is 81.5 cm³/mol. The number of carboxylic acids is 1. The maximum Gasteiger partial charge on any atom is 0.337 e. The Balaban J connectivity index is 0.000000231. The van der Waals surface area contributed by atoms with Crippen LogP contribution >= 0.6 is 0 Å². The van der Waals surface area contributed by atoms with Crippen LogP contribution in [0, 0.1) is 6.92 Å². The first-order chi connectivity index (χ1) is 10.9. The van der Waals surface area contributed by atoms with Gasteiger partial charge in [-0.25, -0.2) is 4.79 Å². The van der Waals surface area contributed by atoms with Crippen molar-refractivity contribution in [1.29, 1.82) is 0 Å². The molecule has 124 valence electrons. The van der Waals surface area contributed by atoms with Gasteiger partial charge >= 0.3 is 5.97 Å². The predicted octanol–water partition coefficient (Wildman–Crippen LogP) is 0.885. The number of hydrogen-bond donors (Lipinski definition) is 5. The molecule has 0 fully saturated rings. The zero-order chi connectivity index (χ0) is 17.4. The van der Waals surface area contributed by atoms with E-state index in [4.69, 9.17) is 20.4 Å². The summed E-state index contributed by atoms with van der Waals surface area (Å²) in [5, 5.41) is 44.4. The van der Waals surface area contributed by atoms with E-state index in [0.717, 1.165) is 0 Å².